The van der Waals surface area contributed by atoms with E-state index >= 15 is 0 Å². The first-order valence-electron chi connectivity index (χ1n) is 8.26. The van der Waals surface area contributed by atoms with E-state index in [2.05, 4.69) is 10.3 Å². The molecule has 0 saturated heterocycles. The molecule has 0 atom stereocenters. The van der Waals surface area contributed by atoms with Crippen molar-refractivity contribution in [1.29, 1.82) is 0 Å². The van der Waals surface area contributed by atoms with E-state index in [1.165, 1.54) is 28.7 Å². The molecule has 27 heavy (non-hydrogen) atoms. The number of anilines is 1. The second-order valence-corrected chi connectivity index (χ2v) is 7.62. The van der Waals surface area contributed by atoms with Gasteiger partial charge in [-0.15, -0.1) is 23.1 Å². The molecule has 2 aromatic carbocycles. The first kappa shape index (κ1) is 19.1. The van der Waals surface area contributed by atoms with Crippen molar-refractivity contribution in [3.63, 3.8) is 0 Å². The van der Waals surface area contributed by atoms with Crippen LogP contribution < -0.4 is 5.32 Å². The Bertz CT molecular complexity index is 908. The van der Waals surface area contributed by atoms with E-state index in [1.54, 1.807) is 0 Å². The van der Waals surface area contributed by atoms with E-state index in [9.17, 15) is 9.59 Å². The molecule has 3 rings (SSSR count). The van der Waals surface area contributed by atoms with Crippen LogP contribution in [0.2, 0.25) is 0 Å². The number of thiazole rings is 1. The number of amides is 1. The number of aromatic nitrogens is 1. The molecule has 0 aliphatic heterocycles. The molecular formula is C20H18N2O3S2. The zero-order valence-electron chi connectivity index (χ0n) is 14.7. The van der Waals surface area contributed by atoms with Crippen LogP contribution in [0.25, 0.3) is 11.3 Å². The molecule has 138 valence electrons. The highest BCUT2D eigenvalue weighted by Gasteiger charge is 2.11. The number of aryl methyl sites for hydroxylation is 1. The van der Waals surface area contributed by atoms with Gasteiger partial charge in [0.1, 0.15) is 0 Å². The molecule has 1 N–H and O–H groups in total. The van der Waals surface area contributed by atoms with Crippen LogP contribution >= 0.6 is 23.1 Å². The Balaban J connectivity index is 1.44. The van der Waals surface area contributed by atoms with E-state index in [4.69, 9.17) is 4.74 Å². The van der Waals surface area contributed by atoms with Gasteiger partial charge in [0.05, 0.1) is 11.4 Å². The lowest BCUT2D eigenvalue weighted by Crippen LogP contribution is -2.21. The third-order valence-corrected chi connectivity index (χ3v) is 5.31. The second-order valence-electron chi connectivity index (χ2n) is 5.71. The Hall–Kier alpha value is -2.64. The van der Waals surface area contributed by atoms with Gasteiger partial charge in [0.15, 0.2) is 11.7 Å². The average Bonchev–Trinajstić information content (AvgIpc) is 3.14. The fourth-order valence-corrected chi connectivity index (χ4v) is 3.64. The highest BCUT2D eigenvalue weighted by Crippen LogP contribution is 2.25. The number of hydrogen-bond donors (Lipinski definition) is 1. The monoisotopic (exact) mass is 398 g/mol. The molecule has 0 aliphatic rings. The lowest BCUT2D eigenvalue weighted by molar-refractivity contribution is -0.144. The van der Waals surface area contributed by atoms with Crippen molar-refractivity contribution < 1.29 is 14.3 Å². The van der Waals surface area contributed by atoms with Gasteiger partial charge in [-0.25, -0.2) is 4.98 Å². The van der Waals surface area contributed by atoms with Gasteiger partial charge in [0, 0.05) is 15.8 Å². The molecule has 0 bridgehead atoms. The van der Waals surface area contributed by atoms with Gasteiger partial charge >= 0.3 is 5.97 Å². The zero-order valence-corrected chi connectivity index (χ0v) is 16.3. The molecule has 0 unspecified atom stereocenters. The normalized spacial score (nSPS) is 10.4. The molecule has 0 fully saturated rings. The summed E-state index contributed by atoms with van der Waals surface area (Å²) in [6.07, 6.45) is 0. The number of benzene rings is 2. The molecule has 7 heteroatoms. The molecule has 0 spiro atoms. The van der Waals surface area contributed by atoms with Crippen molar-refractivity contribution in [2.24, 2.45) is 0 Å². The van der Waals surface area contributed by atoms with E-state index in [1.807, 2.05) is 66.9 Å². The molecule has 0 radical (unpaired) electrons. The number of esters is 1. The zero-order chi connectivity index (χ0) is 19.1. The summed E-state index contributed by atoms with van der Waals surface area (Å²) in [6.45, 7) is 1.70. The van der Waals surface area contributed by atoms with E-state index in [0.29, 0.717) is 5.13 Å². The lowest BCUT2D eigenvalue weighted by atomic mass is 10.1. The minimum absolute atomic E-state index is 0.159. The van der Waals surface area contributed by atoms with Crippen molar-refractivity contribution in [1.82, 2.24) is 4.98 Å². The number of ether oxygens (including phenoxy) is 1. The Morgan fingerprint density at radius 2 is 1.85 bits per heavy atom. The third-order valence-electron chi connectivity index (χ3n) is 3.56. The van der Waals surface area contributed by atoms with Crippen molar-refractivity contribution in [3.8, 4) is 11.3 Å². The Labute approximate surface area is 165 Å². The summed E-state index contributed by atoms with van der Waals surface area (Å²) in [4.78, 5) is 29.1. The predicted octanol–water partition coefficient (Wildman–Crippen LogP) is 4.39. The SMILES string of the molecule is Cc1ccc(-c2csc(NC(=O)COC(=O)CSc3ccccc3)n2)cc1. The molecule has 5 nitrogen and oxygen atoms in total. The highest BCUT2D eigenvalue weighted by molar-refractivity contribution is 8.00. The highest BCUT2D eigenvalue weighted by atomic mass is 32.2. The summed E-state index contributed by atoms with van der Waals surface area (Å²) in [5.41, 5.74) is 2.96. The van der Waals surface area contributed by atoms with Crippen molar-refractivity contribution >= 4 is 40.1 Å². The summed E-state index contributed by atoms with van der Waals surface area (Å²) < 4.78 is 5.01. The van der Waals surface area contributed by atoms with Gasteiger partial charge in [-0.1, -0.05) is 48.0 Å². The number of carbonyl (C=O) groups is 2. The largest absolute Gasteiger partial charge is 0.455 e. The number of nitrogens with zero attached hydrogens (tertiary/aromatic N) is 1. The van der Waals surface area contributed by atoms with Crippen LogP contribution in [0.4, 0.5) is 5.13 Å². The Kier molecular flexibility index (Phi) is 6.62. The smallest absolute Gasteiger partial charge is 0.316 e. The van der Waals surface area contributed by atoms with Crippen molar-refractivity contribution in [3.05, 3.63) is 65.5 Å². The minimum atomic E-state index is -0.432. The van der Waals surface area contributed by atoms with Gasteiger partial charge < -0.3 is 4.74 Å². The summed E-state index contributed by atoms with van der Waals surface area (Å²) in [5, 5.41) is 5.01. The van der Waals surface area contributed by atoms with Crippen LogP contribution in [0.3, 0.4) is 0 Å². The van der Waals surface area contributed by atoms with Crippen LogP contribution in [0.1, 0.15) is 5.56 Å². The van der Waals surface area contributed by atoms with Crippen LogP contribution in [-0.4, -0.2) is 29.2 Å². The number of hydrogen-bond acceptors (Lipinski definition) is 6. The Morgan fingerprint density at radius 1 is 1.11 bits per heavy atom. The number of nitrogens with one attached hydrogen (secondary N) is 1. The summed E-state index contributed by atoms with van der Waals surface area (Å²) in [6, 6.07) is 17.6. The molecule has 1 heterocycles. The fourth-order valence-electron chi connectivity index (χ4n) is 2.19. The topological polar surface area (TPSA) is 68.3 Å². The number of rotatable bonds is 7. The quantitative estimate of drug-likeness (QED) is 0.472. The van der Waals surface area contributed by atoms with E-state index in [-0.39, 0.29) is 12.4 Å². The van der Waals surface area contributed by atoms with Gasteiger partial charge in [-0.3, -0.25) is 14.9 Å². The molecule has 1 amide bonds. The molecular weight excluding hydrogens is 380 g/mol. The van der Waals surface area contributed by atoms with Crippen molar-refractivity contribution in [2.45, 2.75) is 11.8 Å². The second kappa shape index (κ2) is 9.34. The van der Waals surface area contributed by atoms with Crippen molar-refractivity contribution in [2.75, 3.05) is 17.7 Å². The maximum absolute atomic E-state index is 12.0. The molecule has 0 saturated carbocycles. The van der Waals surface area contributed by atoms with Gasteiger partial charge in [-0.05, 0) is 19.1 Å². The maximum Gasteiger partial charge on any atom is 0.316 e. The van der Waals surface area contributed by atoms with Crippen LogP contribution in [0.15, 0.2) is 64.9 Å². The third kappa shape index (κ3) is 5.94. The van der Waals surface area contributed by atoms with Crippen LogP contribution in [0.5, 0.6) is 0 Å². The summed E-state index contributed by atoms with van der Waals surface area (Å²) >= 11 is 2.70. The van der Waals surface area contributed by atoms with Gasteiger partial charge in [-0.2, -0.15) is 0 Å². The molecule has 1 aromatic heterocycles. The lowest BCUT2D eigenvalue weighted by Gasteiger charge is -2.04. The van der Waals surface area contributed by atoms with Crippen LogP contribution in [-0.2, 0) is 14.3 Å². The molecule has 0 aliphatic carbocycles. The number of thioether (sulfide) groups is 1. The predicted molar refractivity (Wildman–Crippen MR) is 109 cm³/mol. The van der Waals surface area contributed by atoms with E-state index in [0.717, 1.165) is 16.2 Å². The summed E-state index contributed by atoms with van der Waals surface area (Å²) in [5.74, 6) is -0.678. The summed E-state index contributed by atoms with van der Waals surface area (Å²) in [7, 11) is 0. The van der Waals surface area contributed by atoms with E-state index < -0.39 is 11.9 Å². The maximum atomic E-state index is 12.0. The minimum Gasteiger partial charge on any atom is -0.455 e. The molecule has 3 aromatic rings. The average molecular weight is 399 g/mol. The Morgan fingerprint density at radius 3 is 2.59 bits per heavy atom. The standard InChI is InChI=1S/C20H18N2O3S2/c1-14-7-9-15(10-8-14)17-12-27-20(21-17)22-18(23)11-25-19(24)13-26-16-5-3-2-4-6-16/h2-10,12H,11,13H2,1H3,(H,21,22,23). The first-order valence-corrected chi connectivity index (χ1v) is 10.1. The fraction of sp³-hybridized carbons (Fsp3) is 0.150. The van der Waals surface area contributed by atoms with Gasteiger partial charge in [0.2, 0.25) is 0 Å². The first-order chi connectivity index (χ1) is 13.1. The number of carbonyl (C=O) groups excluding carboxylic acids is 2. The van der Waals surface area contributed by atoms with Gasteiger partial charge in [0.25, 0.3) is 5.91 Å². The van der Waals surface area contributed by atoms with Crippen LogP contribution in [0, 0.1) is 6.92 Å².